The largest absolute Gasteiger partial charge is 0.496 e. The van der Waals surface area contributed by atoms with E-state index in [9.17, 15) is 4.79 Å². The summed E-state index contributed by atoms with van der Waals surface area (Å²) < 4.78 is 10.5. The molecule has 1 aromatic carbocycles. The number of carbonyl (C=O) groups is 1. The highest BCUT2D eigenvalue weighted by Gasteiger charge is 2.24. The molecule has 0 unspecified atom stereocenters. The van der Waals surface area contributed by atoms with Crippen molar-refractivity contribution in [2.75, 3.05) is 25.2 Å². The van der Waals surface area contributed by atoms with Gasteiger partial charge in [-0.25, -0.2) is 9.78 Å². The number of fused-ring (bicyclic) bond motifs is 1. The molecule has 2 aromatic rings. The van der Waals surface area contributed by atoms with Crippen LogP contribution in [0.4, 0.5) is 5.13 Å². The molecule has 2 heterocycles. The minimum Gasteiger partial charge on any atom is -0.496 e. The zero-order valence-electron chi connectivity index (χ0n) is 13.6. The lowest BCUT2D eigenvalue weighted by molar-refractivity contribution is 0.0531. The molecule has 1 aliphatic heterocycles. The molecule has 0 saturated carbocycles. The van der Waals surface area contributed by atoms with Crippen LogP contribution >= 0.6 is 11.3 Å². The Hall–Kier alpha value is -2.08. The van der Waals surface area contributed by atoms with E-state index in [4.69, 9.17) is 9.47 Å². The highest BCUT2D eigenvalue weighted by molar-refractivity contribution is 7.17. The van der Waals surface area contributed by atoms with Crippen LogP contribution in [0.15, 0.2) is 18.2 Å². The summed E-state index contributed by atoms with van der Waals surface area (Å²) in [4.78, 5) is 19.3. The van der Waals surface area contributed by atoms with Crippen molar-refractivity contribution < 1.29 is 14.3 Å². The Morgan fingerprint density at radius 1 is 1.43 bits per heavy atom. The van der Waals surface area contributed by atoms with Crippen molar-refractivity contribution in [2.24, 2.45) is 0 Å². The van der Waals surface area contributed by atoms with Crippen LogP contribution in [0.2, 0.25) is 0 Å². The standard InChI is InChI=1S/C17H20N2O3S/c1-4-22-16(20)15-11(2)18-17(23-15)19-9-8-13-12(10-19)6-5-7-14(13)21-3/h5-7H,4,8-10H2,1-3H3. The Morgan fingerprint density at radius 3 is 3.00 bits per heavy atom. The van der Waals surface area contributed by atoms with Gasteiger partial charge in [-0.3, -0.25) is 0 Å². The van der Waals surface area contributed by atoms with Crippen LogP contribution in [-0.4, -0.2) is 31.2 Å². The van der Waals surface area contributed by atoms with Crippen molar-refractivity contribution in [3.8, 4) is 5.75 Å². The third kappa shape index (κ3) is 3.03. The second kappa shape index (κ2) is 6.58. The van der Waals surface area contributed by atoms with E-state index in [-0.39, 0.29) is 5.97 Å². The second-order valence-electron chi connectivity index (χ2n) is 5.40. The maximum Gasteiger partial charge on any atom is 0.350 e. The zero-order valence-corrected chi connectivity index (χ0v) is 14.4. The first-order valence-corrected chi connectivity index (χ1v) is 8.50. The number of rotatable bonds is 4. The number of aromatic nitrogens is 1. The SMILES string of the molecule is CCOC(=O)c1sc(N2CCc3c(cccc3OC)C2)nc1C. The van der Waals surface area contributed by atoms with Gasteiger partial charge in [0.2, 0.25) is 0 Å². The highest BCUT2D eigenvalue weighted by atomic mass is 32.1. The van der Waals surface area contributed by atoms with Gasteiger partial charge < -0.3 is 14.4 Å². The summed E-state index contributed by atoms with van der Waals surface area (Å²) in [6, 6.07) is 6.13. The highest BCUT2D eigenvalue weighted by Crippen LogP contribution is 2.33. The maximum atomic E-state index is 12.0. The van der Waals surface area contributed by atoms with E-state index in [0.29, 0.717) is 11.5 Å². The van der Waals surface area contributed by atoms with Crippen LogP contribution in [-0.2, 0) is 17.7 Å². The minimum absolute atomic E-state index is 0.284. The fourth-order valence-electron chi connectivity index (χ4n) is 2.83. The number of carbonyl (C=O) groups excluding carboxylic acids is 1. The molecule has 0 aliphatic carbocycles. The molecule has 23 heavy (non-hydrogen) atoms. The number of hydrogen-bond donors (Lipinski definition) is 0. The molecule has 0 bridgehead atoms. The number of benzene rings is 1. The minimum atomic E-state index is -0.284. The number of nitrogens with zero attached hydrogens (tertiary/aromatic N) is 2. The number of methoxy groups -OCH3 is 1. The van der Waals surface area contributed by atoms with Gasteiger partial charge >= 0.3 is 5.97 Å². The average Bonchev–Trinajstić information content (AvgIpc) is 2.96. The molecule has 6 heteroatoms. The molecular formula is C17H20N2O3S. The number of aryl methyl sites for hydroxylation is 1. The van der Waals surface area contributed by atoms with Crippen molar-refractivity contribution >= 4 is 22.4 Å². The van der Waals surface area contributed by atoms with Crippen molar-refractivity contribution in [3.05, 3.63) is 39.9 Å². The quantitative estimate of drug-likeness (QED) is 0.805. The van der Waals surface area contributed by atoms with Gasteiger partial charge in [-0.15, -0.1) is 0 Å². The summed E-state index contributed by atoms with van der Waals surface area (Å²) in [5, 5.41) is 0.874. The molecule has 0 fully saturated rings. The van der Waals surface area contributed by atoms with E-state index in [1.165, 1.54) is 22.5 Å². The van der Waals surface area contributed by atoms with E-state index in [0.717, 1.165) is 36.1 Å². The third-order valence-corrected chi connectivity index (χ3v) is 5.16. The van der Waals surface area contributed by atoms with E-state index in [1.54, 1.807) is 7.11 Å². The first-order chi connectivity index (χ1) is 11.1. The maximum absolute atomic E-state index is 12.0. The Labute approximate surface area is 139 Å². The topological polar surface area (TPSA) is 51.7 Å². The summed E-state index contributed by atoms with van der Waals surface area (Å²) in [6.07, 6.45) is 0.909. The molecule has 0 atom stereocenters. The van der Waals surface area contributed by atoms with Gasteiger partial charge in [-0.2, -0.15) is 0 Å². The van der Waals surface area contributed by atoms with Gasteiger partial charge in [0.25, 0.3) is 0 Å². The Bertz CT molecular complexity index is 727. The molecule has 5 nitrogen and oxygen atoms in total. The molecule has 0 saturated heterocycles. The van der Waals surface area contributed by atoms with E-state index < -0.39 is 0 Å². The van der Waals surface area contributed by atoms with Gasteiger partial charge in [0.15, 0.2) is 5.13 Å². The Morgan fingerprint density at radius 2 is 2.26 bits per heavy atom. The summed E-state index contributed by atoms with van der Waals surface area (Å²) in [5.41, 5.74) is 3.26. The van der Waals surface area contributed by atoms with Crippen LogP contribution in [0.3, 0.4) is 0 Å². The predicted molar refractivity (Wildman–Crippen MR) is 90.6 cm³/mol. The summed E-state index contributed by atoms with van der Waals surface area (Å²) >= 11 is 1.41. The van der Waals surface area contributed by atoms with Crippen molar-refractivity contribution in [1.29, 1.82) is 0 Å². The van der Waals surface area contributed by atoms with Crippen LogP contribution in [0.5, 0.6) is 5.75 Å². The van der Waals surface area contributed by atoms with Gasteiger partial charge in [-0.05, 0) is 31.9 Å². The second-order valence-corrected chi connectivity index (χ2v) is 6.38. The van der Waals surface area contributed by atoms with Gasteiger partial charge in [0, 0.05) is 18.7 Å². The number of anilines is 1. The number of esters is 1. The smallest absolute Gasteiger partial charge is 0.350 e. The molecule has 1 aliphatic rings. The third-order valence-electron chi connectivity index (χ3n) is 3.96. The molecule has 3 rings (SSSR count). The van der Waals surface area contributed by atoms with Crippen LogP contribution in [0.1, 0.15) is 33.4 Å². The first kappa shape index (κ1) is 15.8. The number of ether oxygens (including phenoxy) is 2. The van der Waals surface area contributed by atoms with Crippen LogP contribution in [0.25, 0.3) is 0 Å². The fraction of sp³-hybridized carbons (Fsp3) is 0.412. The first-order valence-electron chi connectivity index (χ1n) is 7.68. The van der Waals surface area contributed by atoms with Gasteiger partial charge in [-0.1, -0.05) is 23.5 Å². The molecule has 122 valence electrons. The summed E-state index contributed by atoms with van der Waals surface area (Å²) in [6.45, 7) is 5.68. The Kier molecular flexibility index (Phi) is 4.52. The predicted octanol–water partition coefficient (Wildman–Crippen LogP) is 3.20. The average molecular weight is 332 g/mol. The lowest BCUT2D eigenvalue weighted by Gasteiger charge is -2.29. The molecule has 0 N–H and O–H groups in total. The lowest BCUT2D eigenvalue weighted by Crippen LogP contribution is -2.30. The van der Waals surface area contributed by atoms with E-state index >= 15 is 0 Å². The fourth-order valence-corrected chi connectivity index (χ4v) is 3.82. The monoisotopic (exact) mass is 332 g/mol. The molecule has 0 spiro atoms. The van der Waals surface area contributed by atoms with Gasteiger partial charge in [0.05, 0.1) is 19.4 Å². The number of thiazole rings is 1. The normalized spacial score (nSPS) is 13.6. The summed E-state index contributed by atoms with van der Waals surface area (Å²) in [5.74, 6) is 0.664. The van der Waals surface area contributed by atoms with Crippen molar-refractivity contribution in [2.45, 2.75) is 26.8 Å². The van der Waals surface area contributed by atoms with Crippen molar-refractivity contribution in [1.82, 2.24) is 4.98 Å². The summed E-state index contributed by atoms with van der Waals surface area (Å²) in [7, 11) is 1.71. The molecule has 0 radical (unpaired) electrons. The molecular weight excluding hydrogens is 312 g/mol. The molecule has 0 amide bonds. The molecule has 1 aromatic heterocycles. The van der Waals surface area contributed by atoms with E-state index in [2.05, 4.69) is 16.0 Å². The lowest BCUT2D eigenvalue weighted by atomic mass is 9.99. The van der Waals surface area contributed by atoms with E-state index in [1.807, 2.05) is 26.0 Å². The van der Waals surface area contributed by atoms with Crippen molar-refractivity contribution in [3.63, 3.8) is 0 Å². The number of hydrogen-bond acceptors (Lipinski definition) is 6. The van der Waals surface area contributed by atoms with Crippen LogP contribution in [0, 0.1) is 6.92 Å². The Balaban J connectivity index is 1.84. The van der Waals surface area contributed by atoms with Gasteiger partial charge in [0.1, 0.15) is 10.6 Å². The zero-order chi connectivity index (χ0) is 16.4. The van der Waals surface area contributed by atoms with Crippen LogP contribution < -0.4 is 9.64 Å².